The number of aliphatic hydroxyl groups excluding tert-OH is 1. The Hall–Kier alpha value is -3.40. The zero-order valence-corrected chi connectivity index (χ0v) is 14.8. The highest BCUT2D eigenvalue weighted by Crippen LogP contribution is 2.37. The molecule has 150 valence electrons. The molecule has 1 aliphatic heterocycles. The standard InChI is InChI=1S/C19H15F3N4O3/c20-19(21,22)16-6-5-14(17(28)24-16)26-12(10-27)9-25(18(26)29)15-8-23-7-11-3-1-2-4-13(11)15/h1-8,12,27H,9-10H2,(H,24,28). The van der Waals surface area contributed by atoms with Crippen LogP contribution in [0, 0.1) is 0 Å². The first-order valence-electron chi connectivity index (χ1n) is 8.63. The van der Waals surface area contributed by atoms with E-state index in [0.717, 1.165) is 21.7 Å². The van der Waals surface area contributed by atoms with E-state index in [-0.39, 0.29) is 12.2 Å². The van der Waals surface area contributed by atoms with Gasteiger partial charge in [-0.15, -0.1) is 0 Å². The summed E-state index contributed by atoms with van der Waals surface area (Å²) in [5, 5.41) is 21.4. The molecule has 2 aromatic heterocycles. The molecule has 1 unspecified atom stereocenters. The normalized spacial score (nSPS) is 17.4. The summed E-state index contributed by atoms with van der Waals surface area (Å²) in [6.07, 6.45) is -1.59. The number of carbonyl (C=O) groups is 1. The molecule has 1 fully saturated rings. The smallest absolute Gasteiger partial charge is 0.433 e. The van der Waals surface area contributed by atoms with Crippen molar-refractivity contribution >= 4 is 28.2 Å². The quantitative estimate of drug-likeness (QED) is 0.700. The Morgan fingerprint density at radius 2 is 1.86 bits per heavy atom. The van der Waals surface area contributed by atoms with Gasteiger partial charge < -0.3 is 10.2 Å². The summed E-state index contributed by atoms with van der Waals surface area (Å²) < 4.78 is 38.5. The van der Waals surface area contributed by atoms with E-state index in [1.807, 2.05) is 18.2 Å². The van der Waals surface area contributed by atoms with Gasteiger partial charge >= 0.3 is 12.2 Å². The molecule has 0 aliphatic carbocycles. The molecule has 0 radical (unpaired) electrons. The van der Waals surface area contributed by atoms with E-state index >= 15 is 0 Å². The number of rotatable bonds is 3. The van der Waals surface area contributed by atoms with Crippen molar-refractivity contribution in [3.8, 4) is 5.88 Å². The molecule has 3 heterocycles. The predicted molar refractivity (Wildman–Crippen MR) is 98.7 cm³/mol. The zero-order valence-electron chi connectivity index (χ0n) is 14.8. The maximum absolute atomic E-state index is 13.1. The first-order valence-corrected chi connectivity index (χ1v) is 8.63. The molecule has 1 saturated heterocycles. The number of alkyl halides is 3. The number of halogens is 3. The fourth-order valence-electron chi connectivity index (χ4n) is 3.40. The van der Waals surface area contributed by atoms with Gasteiger partial charge in [0.25, 0.3) is 0 Å². The van der Waals surface area contributed by atoms with Crippen molar-refractivity contribution in [2.75, 3.05) is 23.0 Å². The van der Waals surface area contributed by atoms with E-state index in [2.05, 4.69) is 9.97 Å². The maximum atomic E-state index is 13.1. The van der Waals surface area contributed by atoms with Crippen LogP contribution in [0.4, 0.5) is 29.3 Å². The molecule has 4 rings (SSSR count). The van der Waals surface area contributed by atoms with Gasteiger partial charge in [0.2, 0.25) is 5.88 Å². The van der Waals surface area contributed by atoms with Gasteiger partial charge in [-0.2, -0.15) is 13.2 Å². The number of hydrogen-bond donors (Lipinski definition) is 2. The van der Waals surface area contributed by atoms with E-state index in [0.29, 0.717) is 11.8 Å². The minimum Gasteiger partial charge on any atom is -0.492 e. The van der Waals surface area contributed by atoms with Crippen LogP contribution >= 0.6 is 0 Å². The van der Waals surface area contributed by atoms with Crippen molar-refractivity contribution in [2.45, 2.75) is 12.2 Å². The number of amides is 2. The number of aliphatic hydroxyl groups is 1. The van der Waals surface area contributed by atoms with Crippen LogP contribution in [0.3, 0.4) is 0 Å². The van der Waals surface area contributed by atoms with Gasteiger partial charge in [0.1, 0.15) is 11.4 Å². The van der Waals surface area contributed by atoms with E-state index in [1.54, 1.807) is 12.3 Å². The predicted octanol–water partition coefficient (Wildman–Crippen LogP) is 3.16. The maximum Gasteiger partial charge on any atom is 0.433 e. The topological polar surface area (TPSA) is 89.8 Å². The van der Waals surface area contributed by atoms with Crippen molar-refractivity contribution in [1.82, 2.24) is 9.97 Å². The highest BCUT2D eigenvalue weighted by Gasteiger charge is 2.41. The van der Waals surface area contributed by atoms with Crippen molar-refractivity contribution in [3.63, 3.8) is 0 Å². The Morgan fingerprint density at radius 1 is 1.10 bits per heavy atom. The summed E-state index contributed by atoms with van der Waals surface area (Å²) in [7, 11) is 0. The summed E-state index contributed by atoms with van der Waals surface area (Å²) in [5.74, 6) is -0.940. The second-order valence-electron chi connectivity index (χ2n) is 6.52. The zero-order chi connectivity index (χ0) is 20.8. The Bertz CT molecular complexity index is 1080. The lowest BCUT2D eigenvalue weighted by Gasteiger charge is -2.23. The first-order chi connectivity index (χ1) is 13.8. The van der Waals surface area contributed by atoms with Gasteiger partial charge in [-0.25, -0.2) is 9.78 Å². The van der Waals surface area contributed by atoms with Crippen molar-refractivity contribution in [2.24, 2.45) is 0 Å². The summed E-state index contributed by atoms with van der Waals surface area (Å²) >= 11 is 0. The largest absolute Gasteiger partial charge is 0.492 e. The van der Waals surface area contributed by atoms with Crippen LogP contribution in [-0.2, 0) is 6.18 Å². The number of carbonyl (C=O) groups excluding carboxylic acids is 1. The molecule has 1 atom stereocenters. The fraction of sp³-hybridized carbons (Fsp3) is 0.211. The Labute approximate surface area is 162 Å². The third-order valence-electron chi connectivity index (χ3n) is 4.75. The number of urea groups is 1. The molecule has 29 heavy (non-hydrogen) atoms. The van der Waals surface area contributed by atoms with Crippen LogP contribution < -0.4 is 9.80 Å². The van der Waals surface area contributed by atoms with Crippen LogP contribution in [0.1, 0.15) is 5.69 Å². The molecule has 2 N–H and O–H groups in total. The minimum absolute atomic E-state index is 0.0610. The van der Waals surface area contributed by atoms with E-state index < -0.39 is 36.4 Å². The Kier molecular flexibility index (Phi) is 4.50. The third-order valence-corrected chi connectivity index (χ3v) is 4.75. The van der Waals surface area contributed by atoms with E-state index in [1.165, 1.54) is 11.1 Å². The monoisotopic (exact) mass is 404 g/mol. The Morgan fingerprint density at radius 3 is 2.55 bits per heavy atom. The third kappa shape index (κ3) is 3.21. The molecule has 1 aliphatic rings. The highest BCUT2D eigenvalue weighted by atomic mass is 19.4. The van der Waals surface area contributed by atoms with Gasteiger partial charge in [0, 0.05) is 17.0 Å². The van der Waals surface area contributed by atoms with E-state index in [4.69, 9.17) is 0 Å². The van der Waals surface area contributed by atoms with Crippen molar-refractivity contribution in [3.05, 3.63) is 54.5 Å². The summed E-state index contributed by atoms with van der Waals surface area (Å²) in [6, 6.07) is 7.53. The van der Waals surface area contributed by atoms with Gasteiger partial charge in [-0.05, 0) is 12.1 Å². The molecule has 7 nitrogen and oxygen atoms in total. The molecule has 3 aromatic rings. The number of fused-ring (bicyclic) bond motifs is 1. The molecular formula is C19H15F3N4O3. The van der Waals surface area contributed by atoms with Crippen LogP contribution in [0.2, 0.25) is 0 Å². The minimum atomic E-state index is -4.73. The van der Waals surface area contributed by atoms with Gasteiger partial charge in [-0.3, -0.25) is 14.8 Å². The summed E-state index contributed by atoms with van der Waals surface area (Å²) in [6.45, 7) is -0.396. The second kappa shape index (κ2) is 6.89. The number of hydrogen-bond acceptors (Lipinski definition) is 5. The second-order valence-corrected chi connectivity index (χ2v) is 6.52. The van der Waals surface area contributed by atoms with Crippen molar-refractivity contribution in [1.29, 1.82) is 0 Å². The SMILES string of the molecule is O=C1N(c2cncc3ccccc23)CC(CO)N1c1ccc(C(F)(F)F)nc1O. The number of nitrogens with zero attached hydrogens (tertiary/aromatic N) is 4. The molecule has 0 saturated carbocycles. The van der Waals surface area contributed by atoms with Crippen LogP contribution in [0.15, 0.2) is 48.8 Å². The lowest BCUT2D eigenvalue weighted by molar-refractivity contribution is -0.141. The molecule has 0 bridgehead atoms. The number of benzene rings is 1. The molecular weight excluding hydrogens is 389 g/mol. The number of pyridine rings is 2. The van der Waals surface area contributed by atoms with Gasteiger partial charge in [-0.1, -0.05) is 24.3 Å². The fourth-order valence-corrected chi connectivity index (χ4v) is 3.40. The van der Waals surface area contributed by atoms with E-state index in [9.17, 15) is 28.2 Å². The molecule has 1 aromatic carbocycles. The molecule has 2 amide bonds. The Balaban J connectivity index is 1.75. The van der Waals surface area contributed by atoms with Gasteiger partial charge in [0.15, 0.2) is 0 Å². The average Bonchev–Trinajstić information content (AvgIpc) is 3.03. The number of aromatic hydroxyl groups is 1. The lowest BCUT2D eigenvalue weighted by atomic mass is 10.1. The number of anilines is 2. The average molecular weight is 404 g/mol. The summed E-state index contributed by atoms with van der Waals surface area (Å²) in [5.41, 5.74) is -0.993. The van der Waals surface area contributed by atoms with Crippen LogP contribution in [0.5, 0.6) is 5.88 Å². The molecule has 0 spiro atoms. The van der Waals surface area contributed by atoms with Crippen LogP contribution in [0.25, 0.3) is 10.8 Å². The van der Waals surface area contributed by atoms with Crippen molar-refractivity contribution < 1.29 is 28.2 Å². The van der Waals surface area contributed by atoms with Gasteiger partial charge in [0.05, 0.1) is 31.1 Å². The highest BCUT2D eigenvalue weighted by molar-refractivity contribution is 6.11. The summed E-state index contributed by atoms with van der Waals surface area (Å²) in [4.78, 5) is 22.8. The lowest BCUT2D eigenvalue weighted by Crippen LogP contribution is -2.37. The number of aromatic nitrogens is 2. The first kappa shape index (κ1) is 18.9. The molecule has 10 heteroatoms. The van der Waals surface area contributed by atoms with Crippen LogP contribution in [-0.4, -0.2) is 45.4 Å².